The van der Waals surface area contributed by atoms with Gasteiger partial charge in [-0.15, -0.1) is 0 Å². The Morgan fingerprint density at radius 3 is 2.70 bits per heavy atom. The maximum Gasteiger partial charge on any atom is 0.257 e. The zero-order valence-corrected chi connectivity index (χ0v) is 14.3. The minimum absolute atomic E-state index is 0.0924. The van der Waals surface area contributed by atoms with Crippen molar-refractivity contribution in [1.29, 1.82) is 0 Å². The smallest absolute Gasteiger partial charge is 0.257 e. The summed E-state index contributed by atoms with van der Waals surface area (Å²) in [6, 6.07) is 4.21. The molecule has 9 heteroatoms. The van der Waals surface area contributed by atoms with Crippen molar-refractivity contribution in [1.82, 2.24) is 9.62 Å². The highest BCUT2D eigenvalue weighted by Crippen LogP contribution is 2.29. The molecule has 1 aromatic rings. The average Bonchev–Trinajstić information content (AvgIpc) is 2.54. The Balaban J connectivity index is 2.10. The van der Waals surface area contributed by atoms with Crippen LogP contribution in [0.4, 0.5) is 0 Å². The molecule has 1 aliphatic heterocycles. The molecule has 23 heavy (non-hydrogen) atoms. The molecule has 0 saturated carbocycles. The average molecular weight is 363 g/mol. The third-order valence-corrected chi connectivity index (χ3v) is 5.43. The number of hydrogen-bond donors (Lipinski definition) is 1. The van der Waals surface area contributed by atoms with Crippen LogP contribution in [0.2, 0.25) is 5.02 Å². The van der Waals surface area contributed by atoms with Crippen LogP contribution >= 0.6 is 11.6 Å². The molecule has 0 atom stereocenters. The zero-order chi connectivity index (χ0) is 16.9. The Morgan fingerprint density at radius 2 is 2.09 bits per heavy atom. The quantitative estimate of drug-likeness (QED) is 0.811. The fourth-order valence-corrected chi connectivity index (χ4v) is 3.82. The van der Waals surface area contributed by atoms with E-state index in [1.54, 1.807) is 6.92 Å². The lowest BCUT2D eigenvalue weighted by atomic mass is 10.3. The molecule has 2 rings (SSSR count). The van der Waals surface area contributed by atoms with Gasteiger partial charge in [-0.05, 0) is 25.1 Å². The summed E-state index contributed by atoms with van der Waals surface area (Å²) < 4.78 is 36.8. The van der Waals surface area contributed by atoms with Crippen LogP contribution < -0.4 is 10.1 Å². The summed E-state index contributed by atoms with van der Waals surface area (Å²) >= 11 is 6.07. The third kappa shape index (κ3) is 4.57. The minimum atomic E-state index is -3.61. The molecular formula is C14H19ClN2O5S. The number of likely N-dealkylation sites (N-methyl/N-ethyl adjacent to an activating group) is 1. The van der Waals surface area contributed by atoms with Gasteiger partial charge in [-0.25, -0.2) is 8.42 Å². The topological polar surface area (TPSA) is 84.9 Å². The lowest BCUT2D eigenvalue weighted by molar-refractivity contribution is -0.122. The van der Waals surface area contributed by atoms with Crippen LogP contribution in [0.5, 0.6) is 5.75 Å². The fourth-order valence-electron chi connectivity index (χ4n) is 2.09. The summed E-state index contributed by atoms with van der Waals surface area (Å²) in [7, 11) is -3.61. The molecule has 128 valence electrons. The number of hydrogen-bond acceptors (Lipinski definition) is 5. The molecule has 1 aliphatic rings. The maximum atomic E-state index is 12.5. The lowest BCUT2D eigenvalue weighted by Gasteiger charge is -2.26. The molecule has 0 spiro atoms. The first-order valence-electron chi connectivity index (χ1n) is 7.22. The summed E-state index contributed by atoms with van der Waals surface area (Å²) in [6.07, 6.45) is 0. The molecule has 1 amide bonds. The van der Waals surface area contributed by atoms with Crippen molar-refractivity contribution in [3.8, 4) is 5.75 Å². The van der Waals surface area contributed by atoms with Gasteiger partial charge in [0.25, 0.3) is 5.91 Å². The van der Waals surface area contributed by atoms with E-state index in [2.05, 4.69) is 5.32 Å². The summed E-state index contributed by atoms with van der Waals surface area (Å²) in [6.45, 7) is 3.51. The Morgan fingerprint density at radius 1 is 1.39 bits per heavy atom. The molecule has 0 aromatic heterocycles. The molecule has 0 radical (unpaired) electrons. The number of carbonyl (C=O) groups excluding carboxylic acids is 1. The second-order valence-electron chi connectivity index (χ2n) is 4.85. The molecule has 1 saturated heterocycles. The highest BCUT2D eigenvalue weighted by atomic mass is 35.5. The van der Waals surface area contributed by atoms with Crippen molar-refractivity contribution in [2.75, 3.05) is 39.5 Å². The maximum absolute atomic E-state index is 12.5. The van der Waals surface area contributed by atoms with Gasteiger partial charge in [-0.1, -0.05) is 11.6 Å². The van der Waals surface area contributed by atoms with E-state index in [0.717, 1.165) is 0 Å². The van der Waals surface area contributed by atoms with Gasteiger partial charge in [0.15, 0.2) is 6.61 Å². The summed E-state index contributed by atoms with van der Waals surface area (Å²) in [5.41, 5.74) is 0. The standard InChI is InChI=1S/C14H19ClN2O5S/c1-2-16-14(18)10-22-13-4-3-11(9-12(13)15)23(19,20)17-5-7-21-8-6-17/h3-4,9H,2,5-8,10H2,1H3,(H,16,18). The first-order valence-corrected chi connectivity index (χ1v) is 9.04. The third-order valence-electron chi connectivity index (χ3n) is 3.24. The van der Waals surface area contributed by atoms with E-state index in [1.807, 2.05) is 0 Å². The molecule has 1 N–H and O–H groups in total. The fraction of sp³-hybridized carbons (Fsp3) is 0.500. The van der Waals surface area contributed by atoms with Crippen molar-refractivity contribution in [3.05, 3.63) is 23.2 Å². The van der Waals surface area contributed by atoms with E-state index < -0.39 is 10.0 Å². The van der Waals surface area contributed by atoms with Gasteiger partial charge in [0.2, 0.25) is 10.0 Å². The van der Waals surface area contributed by atoms with Crippen LogP contribution in [0.15, 0.2) is 23.1 Å². The molecule has 0 unspecified atom stereocenters. The number of carbonyl (C=O) groups is 1. The summed E-state index contributed by atoms with van der Waals surface area (Å²) in [4.78, 5) is 11.5. The normalized spacial score (nSPS) is 16.1. The monoisotopic (exact) mass is 362 g/mol. The van der Waals surface area contributed by atoms with Gasteiger partial charge < -0.3 is 14.8 Å². The van der Waals surface area contributed by atoms with Gasteiger partial charge in [0.05, 0.1) is 23.1 Å². The highest BCUT2D eigenvalue weighted by Gasteiger charge is 2.27. The van der Waals surface area contributed by atoms with Crippen LogP contribution in [-0.2, 0) is 19.6 Å². The van der Waals surface area contributed by atoms with E-state index in [9.17, 15) is 13.2 Å². The highest BCUT2D eigenvalue weighted by molar-refractivity contribution is 7.89. The summed E-state index contributed by atoms with van der Waals surface area (Å²) in [5, 5.41) is 2.73. The number of sulfonamides is 1. The number of nitrogens with one attached hydrogen (secondary N) is 1. The van der Waals surface area contributed by atoms with Crippen LogP contribution in [0.3, 0.4) is 0 Å². The minimum Gasteiger partial charge on any atom is -0.482 e. The molecular weight excluding hydrogens is 344 g/mol. The van der Waals surface area contributed by atoms with Gasteiger partial charge in [-0.2, -0.15) is 4.31 Å². The number of amides is 1. The molecule has 1 heterocycles. The first-order chi connectivity index (χ1) is 10.9. The molecule has 7 nitrogen and oxygen atoms in total. The van der Waals surface area contributed by atoms with Crippen molar-refractivity contribution < 1.29 is 22.7 Å². The Bertz CT molecular complexity index is 659. The van der Waals surface area contributed by atoms with Gasteiger partial charge in [-0.3, -0.25) is 4.79 Å². The second-order valence-corrected chi connectivity index (χ2v) is 7.20. The molecule has 0 bridgehead atoms. The predicted octanol–water partition coefficient (Wildman–Crippen LogP) is 0.876. The van der Waals surface area contributed by atoms with Crippen LogP contribution in [0.25, 0.3) is 0 Å². The predicted molar refractivity (Wildman–Crippen MR) is 85.2 cm³/mol. The van der Waals surface area contributed by atoms with Crippen LogP contribution in [-0.4, -0.2) is 58.1 Å². The molecule has 1 aromatic carbocycles. The van der Waals surface area contributed by atoms with Crippen molar-refractivity contribution in [3.63, 3.8) is 0 Å². The largest absolute Gasteiger partial charge is 0.482 e. The van der Waals surface area contributed by atoms with Crippen molar-refractivity contribution in [2.45, 2.75) is 11.8 Å². The first kappa shape index (κ1) is 18.0. The Kier molecular flexibility index (Phi) is 6.23. The Hall–Kier alpha value is -1.35. The second kappa shape index (κ2) is 7.96. The Labute approximate surface area is 140 Å². The van der Waals surface area contributed by atoms with Crippen LogP contribution in [0.1, 0.15) is 6.92 Å². The number of halogens is 1. The van der Waals surface area contributed by atoms with E-state index >= 15 is 0 Å². The van der Waals surface area contributed by atoms with Gasteiger partial charge in [0, 0.05) is 19.6 Å². The number of rotatable bonds is 6. The number of ether oxygens (including phenoxy) is 2. The zero-order valence-electron chi connectivity index (χ0n) is 12.7. The lowest BCUT2D eigenvalue weighted by Crippen LogP contribution is -2.40. The van der Waals surface area contributed by atoms with Crippen LogP contribution in [0, 0.1) is 0 Å². The summed E-state index contributed by atoms with van der Waals surface area (Å²) in [5.74, 6) is -0.00701. The molecule has 0 aliphatic carbocycles. The van der Waals surface area contributed by atoms with Crippen molar-refractivity contribution in [2.24, 2.45) is 0 Å². The van der Waals surface area contributed by atoms with Gasteiger partial charge >= 0.3 is 0 Å². The van der Waals surface area contributed by atoms with E-state index in [-0.39, 0.29) is 28.2 Å². The van der Waals surface area contributed by atoms with Gasteiger partial charge in [0.1, 0.15) is 5.75 Å². The SMILES string of the molecule is CCNC(=O)COc1ccc(S(=O)(=O)N2CCOCC2)cc1Cl. The van der Waals surface area contributed by atoms with E-state index in [0.29, 0.717) is 32.8 Å². The number of morpholine rings is 1. The van der Waals surface area contributed by atoms with E-state index in [4.69, 9.17) is 21.1 Å². The van der Waals surface area contributed by atoms with Crippen molar-refractivity contribution >= 4 is 27.5 Å². The molecule has 1 fully saturated rings. The van der Waals surface area contributed by atoms with E-state index in [1.165, 1.54) is 22.5 Å². The number of nitrogens with zero attached hydrogens (tertiary/aromatic N) is 1. The number of benzene rings is 1.